The number of phenolic OH excluding ortho intramolecular Hbond substituents is 1. The van der Waals surface area contributed by atoms with E-state index in [9.17, 15) is 5.11 Å². The number of amidine groups is 1. The fraction of sp³-hybridized carbons (Fsp3) is 0.381. The number of benzene rings is 2. The molecule has 0 atom stereocenters. The van der Waals surface area contributed by atoms with E-state index in [4.69, 9.17) is 4.74 Å². The Labute approximate surface area is 155 Å². The van der Waals surface area contributed by atoms with E-state index in [0.29, 0.717) is 17.3 Å². The van der Waals surface area contributed by atoms with E-state index in [-0.39, 0.29) is 11.8 Å². The van der Waals surface area contributed by atoms with E-state index >= 15 is 0 Å². The zero-order valence-electron chi connectivity index (χ0n) is 16.3. The van der Waals surface area contributed by atoms with Crippen LogP contribution in [0.25, 0.3) is 0 Å². The third-order valence-electron chi connectivity index (χ3n) is 4.22. The number of aromatic hydroxyl groups is 1. The van der Waals surface area contributed by atoms with Crippen LogP contribution in [0.5, 0.6) is 11.5 Å². The number of nitrogens with zero attached hydrogens (tertiary/aromatic N) is 3. The maximum absolute atomic E-state index is 10.5. The van der Waals surface area contributed by atoms with Gasteiger partial charge in [0.15, 0.2) is 5.84 Å². The minimum absolute atomic E-state index is 0.198. The van der Waals surface area contributed by atoms with Crippen LogP contribution in [0.3, 0.4) is 0 Å². The number of aliphatic imine (C=N–C) groups is 1. The highest BCUT2D eigenvalue weighted by atomic mass is 16.5. The highest BCUT2D eigenvalue weighted by molar-refractivity contribution is 5.99. The predicted octanol–water partition coefficient (Wildman–Crippen LogP) is 5.81. The van der Waals surface area contributed by atoms with Gasteiger partial charge in [0.05, 0.1) is 12.8 Å². The molecule has 0 heterocycles. The maximum atomic E-state index is 10.5. The van der Waals surface area contributed by atoms with Crippen molar-refractivity contribution >= 4 is 11.5 Å². The van der Waals surface area contributed by atoms with Crippen LogP contribution in [0.2, 0.25) is 0 Å². The van der Waals surface area contributed by atoms with Gasteiger partial charge >= 0.3 is 0 Å². The summed E-state index contributed by atoms with van der Waals surface area (Å²) in [6, 6.07) is 11.3. The lowest BCUT2D eigenvalue weighted by Crippen LogP contribution is -1.97. The van der Waals surface area contributed by atoms with Crippen LogP contribution in [0.1, 0.15) is 56.2 Å². The lowest BCUT2D eigenvalue weighted by molar-refractivity contribution is 0.415. The number of azo groups is 1. The van der Waals surface area contributed by atoms with Gasteiger partial charge in [-0.2, -0.15) is 0 Å². The van der Waals surface area contributed by atoms with E-state index in [1.54, 1.807) is 14.2 Å². The smallest absolute Gasteiger partial charge is 0.176 e. The van der Waals surface area contributed by atoms with E-state index in [2.05, 4.69) is 42.9 Å². The monoisotopic (exact) mass is 353 g/mol. The molecule has 2 rings (SSSR count). The van der Waals surface area contributed by atoms with Gasteiger partial charge < -0.3 is 9.84 Å². The zero-order chi connectivity index (χ0) is 19.3. The minimum Gasteiger partial charge on any atom is -0.507 e. The van der Waals surface area contributed by atoms with Gasteiger partial charge in [-0.25, -0.2) is 0 Å². The van der Waals surface area contributed by atoms with Gasteiger partial charge in [-0.3, -0.25) is 4.99 Å². The van der Waals surface area contributed by atoms with Crippen LogP contribution in [0, 0.1) is 0 Å². The van der Waals surface area contributed by atoms with Crippen molar-refractivity contribution in [2.45, 2.75) is 39.5 Å². The zero-order valence-corrected chi connectivity index (χ0v) is 16.3. The molecule has 0 radical (unpaired) electrons. The second kappa shape index (κ2) is 8.61. The SMILES string of the molecule is CN=C(N=Nc1cc(C(C)C)c(O)c(C(C)C)c1)c1ccc(OC)cc1. The summed E-state index contributed by atoms with van der Waals surface area (Å²) in [6.07, 6.45) is 0. The highest BCUT2D eigenvalue weighted by Gasteiger charge is 2.15. The molecule has 1 N–H and O–H groups in total. The molecule has 0 amide bonds. The summed E-state index contributed by atoms with van der Waals surface area (Å²) in [7, 11) is 3.32. The fourth-order valence-corrected chi connectivity index (χ4v) is 2.68. The van der Waals surface area contributed by atoms with E-state index in [1.807, 2.05) is 36.4 Å². The van der Waals surface area contributed by atoms with Crippen molar-refractivity contribution < 1.29 is 9.84 Å². The Balaban J connectivity index is 2.38. The normalized spacial score (nSPS) is 12.4. The predicted molar refractivity (Wildman–Crippen MR) is 106 cm³/mol. The van der Waals surface area contributed by atoms with Gasteiger partial charge in [-0.05, 0) is 59.4 Å². The van der Waals surface area contributed by atoms with Crippen LogP contribution in [-0.2, 0) is 0 Å². The standard InChI is InChI=1S/C21H27N3O2/c1-13(2)18-11-16(12-19(14(3)4)20(18)25)23-24-21(22-5)15-7-9-17(26-6)10-8-15/h7-14,25H,1-6H3. The summed E-state index contributed by atoms with van der Waals surface area (Å²) < 4.78 is 5.18. The maximum Gasteiger partial charge on any atom is 0.176 e. The van der Waals surface area contributed by atoms with E-state index in [1.165, 1.54) is 0 Å². The Morgan fingerprint density at radius 2 is 1.50 bits per heavy atom. The average Bonchev–Trinajstić information content (AvgIpc) is 2.63. The Morgan fingerprint density at radius 3 is 1.92 bits per heavy atom. The Kier molecular flexibility index (Phi) is 6.50. The Hall–Kier alpha value is -2.69. The number of hydrogen-bond donors (Lipinski definition) is 1. The molecule has 0 saturated heterocycles. The molecule has 0 saturated carbocycles. The molecule has 0 aliphatic carbocycles. The summed E-state index contributed by atoms with van der Waals surface area (Å²) >= 11 is 0. The molecule has 0 unspecified atom stereocenters. The van der Waals surface area contributed by atoms with Crippen molar-refractivity contribution in [1.82, 2.24) is 0 Å². The van der Waals surface area contributed by atoms with Crippen LogP contribution in [-0.4, -0.2) is 25.1 Å². The van der Waals surface area contributed by atoms with Crippen molar-refractivity contribution in [3.8, 4) is 11.5 Å². The lowest BCUT2D eigenvalue weighted by atomic mass is 9.93. The van der Waals surface area contributed by atoms with E-state index < -0.39 is 0 Å². The molecule has 0 aromatic heterocycles. The van der Waals surface area contributed by atoms with Crippen molar-refractivity contribution in [2.75, 3.05) is 14.2 Å². The largest absolute Gasteiger partial charge is 0.507 e. The molecule has 26 heavy (non-hydrogen) atoms. The molecule has 5 nitrogen and oxygen atoms in total. The van der Waals surface area contributed by atoms with Crippen molar-refractivity contribution in [1.29, 1.82) is 0 Å². The van der Waals surface area contributed by atoms with Crippen LogP contribution in [0.4, 0.5) is 5.69 Å². The lowest BCUT2D eigenvalue weighted by Gasteiger charge is -2.15. The van der Waals surface area contributed by atoms with Crippen LogP contribution >= 0.6 is 0 Å². The number of ether oxygens (including phenoxy) is 1. The molecule has 2 aromatic rings. The molecule has 138 valence electrons. The topological polar surface area (TPSA) is 66.5 Å². The summed E-state index contributed by atoms with van der Waals surface area (Å²) in [5.41, 5.74) is 3.34. The average molecular weight is 353 g/mol. The molecule has 0 aliphatic rings. The van der Waals surface area contributed by atoms with Gasteiger partial charge in [0.1, 0.15) is 11.5 Å². The van der Waals surface area contributed by atoms with Gasteiger partial charge in [0, 0.05) is 12.6 Å². The fourth-order valence-electron chi connectivity index (χ4n) is 2.68. The van der Waals surface area contributed by atoms with Gasteiger partial charge in [-0.15, -0.1) is 10.2 Å². The van der Waals surface area contributed by atoms with Gasteiger partial charge in [0.2, 0.25) is 0 Å². The van der Waals surface area contributed by atoms with E-state index in [0.717, 1.165) is 22.4 Å². The second-order valence-electron chi connectivity index (χ2n) is 6.76. The molecular formula is C21H27N3O2. The molecule has 2 aromatic carbocycles. The highest BCUT2D eigenvalue weighted by Crippen LogP contribution is 2.37. The number of hydrogen-bond acceptors (Lipinski definition) is 4. The molecule has 0 spiro atoms. The molecular weight excluding hydrogens is 326 g/mol. The number of rotatable bonds is 5. The number of methoxy groups -OCH3 is 1. The minimum atomic E-state index is 0.198. The Morgan fingerprint density at radius 1 is 0.962 bits per heavy atom. The van der Waals surface area contributed by atoms with Crippen molar-refractivity contribution in [3.63, 3.8) is 0 Å². The number of phenols is 1. The van der Waals surface area contributed by atoms with Crippen LogP contribution < -0.4 is 4.74 Å². The van der Waals surface area contributed by atoms with Crippen molar-refractivity contribution in [3.05, 3.63) is 53.1 Å². The summed E-state index contributed by atoms with van der Waals surface area (Å²) in [5.74, 6) is 2.07. The first-order valence-corrected chi connectivity index (χ1v) is 8.77. The molecule has 5 heteroatoms. The van der Waals surface area contributed by atoms with Gasteiger partial charge in [0.25, 0.3) is 0 Å². The van der Waals surface area contributed by atoms with Crippen LogP contribution in [0.15, 0.2) is 51.6 Å². The van der Waals surface area contributed by atoms with Crippen molar-refractivity contribution in [2.24, 2.45) is 15.2 Å². The summed E-state index contributed by atoms with van der Waals surface area (Å²) in [6.45, 7) is 8.21. The molecule has 0 fully saturated rings. The second-order valence-corrected chi connectivity index (χ2v) is 6.76. The third kappa shape index (κ3) is 4.48. The summed E-state index contributed by atoms with van der Waals surface area (Å²) in [5, 5.41) is 19.2. The molecule has 0 aliphatic heterocycles. The first kappa shape index (κ1) is 19.6. The first-order chi connectivity index (χ1) is 12.4. The summed E-state index contributed by atoms with van der Waals surface area (Å²) in [4.78, 5) is 4.23. The Bertz CT molecular complexity index is 778. The van der Waals surface area contributed by atoms with Gasteiger partial charge in [-0.1, -0.05) is 27.7 Å². The first-order valence-electron chi connectivity index (χ1n) is 8.77. The third-order valence-corrected chi connectivity index (χ3v) is 4.22. The quantitative estimate of drug-likeness (QED) is 0.419. The molecule has 0 bridgehead atoms.